The Balaban J connectivity index is 1.44. The van der Waals surface area contributed by atoms with Gasteiger partial charge in [0.15, 0.2) is 0 Å². The number of fused-ring (bicyclic) bond motifs is 2. The largest absolute Gasteiger partial charge is 0.370 e. The Kier molecular flexibility index (Phi) is 4.03. The summed E-state index contributed by atoms with van der Waals surface area (Å²) in [5, 5.41) is 5.08. The molecule has 0 saturated carbocycles. The lowest BCUT2D eigenvalue weighted by Crippen LogP contribution is -2.49. The Morgan fingerprint density at radius 1 is 1.07 bits per heavy atom. The van der Waals surface area contributed by atoms with Gasteiger partial charge in [0.2, 0.25) is 0 Å². The van der Waals surface area contributed by atoms with Crippen molar-refractivity contribution in [2.24, 2.45) is 0 Å². The molecule has 0 amide bonds. The van der Waals surface area contributed by atoms with E-state index in [4.69, 9.17) is 4.74 Å². The van der Waals surface area contributed by atoms with E-state index in [2.05, 4.69) is 57.7 Å². The maximum Gasteiger partial charge on any atom is 0.101 e. The number of hydrogen-bond acceptors (Lipinski definition) is 3. The molecule has 3 aromatic rings. The fourth-order valence-corrected chi connectivity index (χ4v) is 5.25. The number of benzene rings is 2. The number of hydrogen-bond donors (Lipinski definition) is 2. The van der Waals surface area contributed by atoms with Gasteiger partial charge < -0.3 is 15.0 Å². The van der Waals surface area contributed by atoms with Crippen LogP contribution in [0.1, 0.15) is 35.6 Å². The molecule has 2 fully saturated rings. The molecule has 2 unspecified atom stereocenters. The van der Waals surface area contributed by atoms with Gasteiger partial charge in [-0.25, -0.2) is 0 Å². The number of nitrogens with zero attached hydrogens (tertiary/aromatic N) is 1. The van der Waals surface area contributed by atoms with Gasteiger partial charge in [-0.3, -0.25) is 4.90 Å². The molecule has 4 heteroatoms. The summed E-state index contributed by atoms with van der Waals surface area (Å²) in [5.41, 5.74) is 8.02. The smallest absolute Gasteiger partial charge is 0.101 e. The Hall–Kier alpha value is -2.14. The fourth-order valence-electron chi connectivity index (χ4n) is 5.25. The second kappa shape index (κ2) is 6.73. The van der Waals surface area contributed by atoms with E-state index < -0.39 is 0 Å². The Morgan fingerprint density at radius 2 is 1.96 bits per heavy atom. The van der Waals surface area contributed by atoms with Gasteiger partial charge in [0.05, 0.1) is 12.6 Å². The summed E-state index contributed by atoms with van der Waals surface area (Å²) in [6.07, 6.45) is 3.91. The van der Waals surface area contributed by atoms with E-state index in [9.17, 15) is 0 Å². The standard InChI is InChI=1S/C24H27N3O/c1-2-12-27(11-1)14-16-5-3-6-17(13-16)23-18-9-10-25-21-15-28-24(21)19-7-4-8-20(26-23)22(18)19/h3-8,13,21,24-26H,1-2,9-12,14-15H2. The molecule has 0 radical (unpaired) electrons. The summed E-state index contributed by atoms with van der Waals surface area (Å²) in [5.74, 6) is 0. The molecule has 3 aliphatic rings. The zero-order valence-corrected chi connectivity index (χ0v) is 16.2. The maximum absolute atomic E-state index is 5.94. The molecule has 2 aromatic carbocycles. The van der Waals surface area contributed by atoms with Crippen molar-refractivity contribution in [1.29, 1.82) is 0 Å². The molecule has 4 nitrogen and oxygen atoms in total. The van der Waals surface area contributed by atoms with Crippen LogP contribution in [0.3, 0.4) is 0 Å². The van der Waals surface area contributed by atoms with Crippen LogP contribution in [0.25, 0.3) is 22.2 Å². The number of rotatable bonds is 3. The van der Waals surface area contributed by atoms with Crippen molar-refractivity contribution in [2.75, 3.05) is 26.2 Å². The number of H-pyrrole nitrogens is 1. The first-order valence-corrected chi connectivity index (χ1v) is 10.7. The van der Waals surface area contributed by atoms with Gasteiger partial charge in [-0.15, -0.1) is 0 Å². The van der Waals surface area contributed by atoms with Crippen molar-refractivity contribution in [3.8, 4) is 11.3 Å². The Bertz CT molecular complexity index is 1020. The van der Waals surface area contributed by atoms with Gasteiger partial charge >= 0.3 is 0 Å². The first-order valence-electron chi connectivity index (χ1n) is 10.7. The second-order valence-corrected chi connectivity index (χ2v) is 8.50. The first-order chi connectivity index (χ1) is 13.9. The maximum atomic E-state index is 5.94. The molecule has 0 aliphatic carbocycles. The van der Waals surface area contributed by atoms with Crippen molar-refractivity contribution in [1.82, 2.24) is 15.2 Å². The Morgan fingerprint density at radius 3 is 2.82 bits per heavy atom. The third kappa shape index (κ3) is 2.71. The lowest BCUT2D eigenvalue weighted by Gasteiger charge is -2.39. The van der Waals surface area contributed by atoms with Gasteiger partial charge in [-0.1, -0.05) is 30.3 Å². The average molecular weight is 374 g/mol. The lowest BCUT2D eigenvalue weighted by molar-refractivity contribution is -0.0891. The number of nitrogens with one attached hydrogen (secondary N) is 2. The SMILES string of the molecule is c1cc(CN2CCCC2)cc(-c2[nH]c3cccc4c3c2CCNC2COC42)c1. The van der Waals surface area contributed by atoms with E-state index in [1.165, 1.54) is 64.8 Å². The monoisotopic (exact) mass is 373 g/mol. The highest BCUT2D eigenvalue weighted by Crippen LogP contribution is 2.41. The topological polar surface area (TPSA) is 40.3 Å². The van der Waals surface area contributed by atoms with E-state index >= 15 is 0 Å². The van der Waals surface area contributed by atoms with Crippen molar-refractivity contribution in [3.05, 3.63) is 59.2 Å². The molecule has 144 valence electrons. The second-order valence-electron chi connectivity index (χ2n) is 8.50. The molecular weight excluding hydrogens is 346 g/mol. The zero-order chi connectivity index (χ0) is 18.5. The third-order valence-corrected chi connectivity index (χ3v) is 6.69. The highest BCUT2D eigenvalue weighted by Gasteiger charge is 2.36. The van der Waals surface area contributed by atoms with Crippen LogP contribution in [0.4, 0.5) is 0 Å². The van der Waals surface area contributed by atoms with E-state index in [-0.39, 0.29) is 6.10 Å². The van der Waals surface area contributed by atoms with Crippen LogP contribution < -0.4 is 5.32 Å². The molecule has 0 spiro atoms. The first kappa shape index (κ1) is 16.8. The minimum Gasteiger partial charge on any atom is -0.370 e. The summed E-state index contributed by atoms with van der Waals surface area (Å²) in [7, 11) is 0. The predicted octanol–water partition coefficient (Wildman–Crippen LogP) is 4.02. The lowest BCUT2D eigenvalue weighted by atomic mass is 9.89. The molecule has 2 atom stereocenters. The molecule has 28 heavy (non-hydrogen) atoms. The zero-order valence-electron chi connectivity index (χ0n) is 16.2. The van der Waals surface area contributed by atoms with Gasteiger partial charge in [0.25, 0.3) is 0 Å². The third-order valence-electron chi connectivity index (χ3n) is 6.69. The summed E-state index contributed by atoms with van der Waals surface area (Å²) >= 11 is 0. The van der Waals surface area contributed by atoms with Crippen molar-refractivity contribution in [3.63, 3.8) is 0 Å². The highest BCUT2D eigenvalue weighted by atomic mass is 16.5. The summed E-state index contributed by atoms with van der Waals surface area (Å²) < 4.78 is 5.94. The van der Waals surface area contributed by atoms with Gasteiger partial charge in [-0.2, -0.15) is 0 Å². The van der Waals surface area contributed by atoms with E-state index in [0.29, 0.717) is 6.04 Å². The van der Waals surface area contributed by atoms with Crippen LogP contribution >= 0.6 is 0 Å². The summed E-state index contributed by atoms with van der Waals surface area (Å²) in [6.45, 7) is 5.37. The number of aromatic amines is 1. The molecule has 3 aliphatic heterocycles. The van der Waals surface area contributed by atoms with Gasteiger partial charge in [0.1, 0.15) is 6.10 Å². The quantitative estimate of drug-likeness (QED) is 0.729. The normalized spacial score (nSPS) is 24.6. The van der Waals surface area contributed by atoms with Crippen molar-refractivity contribution >= 4 is 10.9 Å². The number of likely N-dealkylation sites (tertiary alicyclic amines) is 1. The van der Waals surface area contributed by atoms with Gasteiger partial charge in [-0.05, 0) is 73.3 Å². The van der Waals surface area contributed by atoms with E-state index in [1.807, 2.05) is 0 Å². The average Bonchev–Trinajstić information content (AvgIpc) is 3.32. The molecular formula is C24H27N3O. The Labute approximate surface area is 165 Å². The van der Waals surface area contributed by atoms with Crippen LogP contribution in [0.5, 0.6) is 0 Å². The summed E-state index contributed by atoms with van der Waals surface area (Å²) in [6, 6.07) is 16.2. The van der Waals surface area contributed by atoms with Crippen LogP contribution in [0.2, 0.25) is 0 Å². The van der Waals surface area contributed by atoms with Crippen LogP contribution in [-0.2, 0) is 17.7 Å². The van der Waals surface area contributed by atoms with Gasteiger partial charge in [0, 0.05) is 23.1 Å². The van der Waals surface area contributed by atoms with Crippen LogP contribution in [-0.4, -0.2) is 42.2 Å². The van der Waals surface area contributed by atoms with Crippen LogP contribution in [0, 0.1) is 0 Å². The molecule has 0 bridgehead atoms. The number of aromatic nitrogens is 1. The van der Waals surface area contributed by atoms with Crippen LogP contribution in [0.15, 0.2) is 42.5 Å². The highest BCUT2D eigenvalue weighted by molar-refractivity contribution is 5.94. The molecule has 2 N–H and O–H groups in total. The van der Waals surface area contributed by atoms with E-state index in [1.54, 1.807) is 0 Å². The predicted molar refractivity (Wildman–Crippen MR) is 112 cm³/mol. The minimum absolute atomic E-state index is 0.188. The molecule has 1 aromatic heterocycles. The molecule has 6 rings (SSSR count). The number of ether oxygens (including phenoxy) is 1. The van der Waals surface area contributed by atoms with Crippen molar-refractivity contribution < 1.29 is 4.74 Å². The molecule has 2 saturated heterocycles. The summed E-state index contributed by atoms with van der Waals surface area (Å²) in [4.78, 5) is 6.32. The van der Waals surface area contributed by atoms with E-state index in [0.717, 1.165) is 26.1 Å². The fraction of sp³-hybridized carbons (Fsp3) is 0.417. The molecule has 4 heterocycles. The minimum atomic E-state index is 0.188. The van der Waals surface area contributed by atoms with Crippen molar-refractivity contribution in [2.45, 2.75) is 38.0 Å².